The molecule has 0 aromatic heterocycles. The summed E-state index contributed by atoms with van der Waals surface area (Å²) < 4.78 is 20.4. The van der Waals surface area contributed by atoms with E-state index in [0.29, 0.717) is 49.4 Å². The van der Waals surface area contributed by atoms with Gasteiger partial charge in [-0.2, -0.15) is 11.8 Å². The monoisotopic (exact) mass is 585 g/mol. The van der Waals surface area contributed by atoms with E-state index in [9.17, 15) is 19.1 Å². The van der Waals surface area contributed by atoms with Crippen LogP contribution in [0.4, 0.5) is 4.39 Å². The Kier molecular flexibility index (Phi) is 11.1. The van der Waals surface area contributed by atoms with Crippen LogP contribution in [-0.2, 0) is 28.0 Å². The van der Waals surface area contributed by atoms with Gasteiger partial charge >= 0.3 is 0 Å². The van der Waals surface area contributed by atoms with Gasteiger partial charge in [-0.1, -0.05) is 31.2 Å². The molecular weight excluding hydrogens is 541 g/mol. The smallest absolute Gasteiger partial charge is 0.243 e. The first-order valence-corrected chi connectivity index (χ1v) is 16.1. The van der Waals surface area contributed by atoms with E-state index in [1.54, 1.807) is 24.9 Å². The van der Waals surface area contributed by atoms with Crippen molar-refractivity contribution in [2.75, 3.05) is 32.2 Å². The number of aryl methyl sites for hydroxylation is 1. The van der Waals surface area contributed by atoms with Crippen molar-refractivity contribution in [3.05, 3.63) is 65.0 Å². The van der Waals surface area contributed by atoms with Gasteiger partial charge in [-0.15, -0.1) is 0 Å². The fourth-order valence-corrected chi connectivity index (χ4v) is 5.97. The molecule has 0 radical (unpaired) electrons. The van der Waals surface area contributed by atoms with Crippen LogP contribution in [0.1, 0.15) is 62.1 Å². The Morgan fingerprint density at radius 3 is 2.76 bits per heavy atom. The number of amides is 2. The predicted octanol–water partition coefficient (Wildman–Crippen LogP) is 4.20. The third-order valence-corrected chi connectivity index (χ3v) is 8.92. The Bertz CT molecular complexity index is 1190. The van der Waals surface area contributed by atoms with Crippen LogP contribution < -0.4 is 15.4 Å². The van der Waals surface area contributed by atoms with Gasteiger partial charge in [0.2, 0.25) is 11.8 Å². The molecule has 1 fully saturated rings. The molecule has 2 bridgehead atoms. The zero-order chi connectivity index (χ0) is 29.4. The number of likely N-dealkylation sites (N-methyl/N-ethyl adjacent to an activating group) is 1. The molecule has 9 heteroatoms. The molecular formula is C32H44FN3O4S. The molecule has 41 heavy (non-hydrogen) atoms. The molecule has 4 rings (SSSR count). The van der Waals surface area contributed by atoms with Crippen LogP contribution >= 0.6 is 11.8 Å². The quantitative estimate of drug-likeness (QED) is 0.409. The number of aliphatic hydroxyl groups is 1. The highest BCUT2D eigenvalue weighted by Gasteiger charge is 2.44. The first-order chi connectivity index (χ1) is 19.7. The van der Waals surface area contributed by atoms with Crippen molar-refractivity contribution in [3.63, 3.8) is 0 Å². The van der Waals surface area contributed by atoms with Crippen LogP contribution in [0.25, 0.3) is 0 Å². The predicted molar refractivity (Wildman–Crippen MR) is 162 cm³/mol. The van der Waals surface area contributed by atoms with Crippen molar-refractivity contribution < 1.29 is 23.8 Å². The van der Waals surface area contributed by atoms with E-state index in [0.717, 1.165) is 19.3 Å². The lowest BCUT2D eigenvalue weighted by Gasteiger charge is -2.32. The Hall–Kier alpha value is -2.62. The first kappa shape index (κ1) is 31.3. The van der Waals surface area contributed by atoms with E-state index in [-0.39, 0.29) is 30.3 Å². The van der Waals surface area contributed by atoms with E-state index < -0.39 is 24.0 Å². The van der Waals surface area contributed by atoms with Gasteiger partial charge in [0.05, 0.1) is 18.8 Å². The molecule has 2 aliphatic rings. The second-order valence-electron chi connectivity index (χ2n) is 11.3. The van der Waals surface area contributed by atoms with Gasteiger partial charge in [0.25, 0.3) is 0 Å². The fourth-order valence-electron chi connectivity index (χ4n) is 5.51. The summed E-state index contributed by atoms with van der Waals surface area (Å²) in [5, 5.41) is 18.1. The van der Waals surface area contributed by atoms with Crippen molar-refractivity contribution in [1.29, 1.82) is 0 Å². The molecule has 1 aliphatic heterocycles. The van der Waals surface area contributed by atoms with Crippen LogP contribution in [-0.4, -0.2) is 72.2 Å². The summed E-state index contributed by atoms with van der Waals surface area (Å²) in [4.78, 5) is 28.2. The maximum atomic E-state index is 14.6. The number of nitrogens with zero attached hydrogens (tertiary/aromatic N) is 1. The summed E-state index contributed by atoms with van der Waals surface area (Å²) in [5.74, 6) is 0.279. The van der Waals surface area contributed by atoms with Crippen molar-refractivity contribution in [3.8, 4) is 5.75 Å². The number of hydrogen-bond acceptors (Lipinski definition) is 6. The van der Waals surface area contributed by atoms with Crippen molar-refractivity contribution in [2.24, 2.45) is 0 Å². The van der Waals surface area contributed by atoms with E-state index >= 15 is 0 Å². The van der Waals surface area contributed by atoms with Crippen LogP contribution in [0.2, 0.25) is 0 Å². The van der Waals surface area contributed by atoms with Gasteiger partial charge in [-0.25, -0.2) is 4.39 Å². The maximum absolute atomic E-state index is 14.6. The summed E-state index contributed by atoms with van der Waals surface area (Å²) in [5.41, 5.74) is 2.91. The highest BCUT2D eigenvalue weighted by atomic mass is 32.2. The molecule has 2 aromatic rings. The molecule has 3 unspecified atom stereocenters. The third kappa shape index (κ3) is 8.46. The first-order valence-electron chi connectivity index (χ1n) is 14.7. The van der Waals surface area contributed by atoms with Crippen molar-refractivity contribution >= 4 is 23.6 Å². The number of carbonyl (C=O) groups is 2. The molecule has 3 N–H and O–H groups in total. The zero-order valence-corrected chi connectivity index (χ0v) is 25.3. The lowest BCUT2D eigenvalue weighted by Crippen LogP contribution is -2.55. The number of hydrogen-bond donors (Lipinski definition) is 3. The minimum absolute atomic E-state index is 0.100. The Labute approximate surface area is 247 Å². The van der Waals surface area contributed by atoms with E-state index in [1.165, 1.54) is 28.2 Å². The number of benzene rings is 2. The number of aliphatic hydroxyl groups excluding tert-OH is 1. The van der Waals surface area contributed by atoms with Gasteiger partial charge < -0.3 is 25.4 Å². The molecule has 0 spiro atoms. The van der Waals surface area contributed by atoms with Crippen LogP contribution in [0.3, 0.4) is 0 Å². The van der Waals surface area contributed by atoms with E-state index in [4.69, 9.17) is 4.74 Å². The molecule has 2 amide bonds. The topological polar surface area (TPSA) is 90.9 Å². The van der Waals surface area contributed by atoms with Crippen molar-refractivity contribution in [1.82, 2.24) is 15.5 Å². The number of fused-ring (bicyclic) bond motifs is 2. The standard InChI is InChI=1S/C32H44FN3O4S/c1-4-22-8-7-9-24(16-22)32(12-13-32)34-21-29(37)27-19-23-17-25(33)20-26(18-23)40-14-6-5-10-30(38)36(2)28(11-15-41-3)31(39)35-27/h7-9,16-18,20,27-29,34,37H,4-6,10-15,19,21H2,1-3H3,(H,35,39). The summed E-state index contributed by atoms with van der Waals surface area (Å²) >= 11 is 1.62. The van der Waals surface area contributed by atoms with Gasteiger partial charge in [0.1, 0.15) is 17.6 Å². The number of rotatable bonds is 9. The van der Waals surface area contributed by atoms with Gasteiger partial charge in [-0.05, 0) is 85.8 Å². The summed E-state index contributed by atoms with van der Waals surface area (Å²) in [6.07, 6.45) is 6.18. The zero-order valence-electron chi connectivity index (χ0n) is 24.5. The summed E-state index contributed by atoms with van der Waals surface area (Å²) in [7, 11) is 1.67. The SMILES string of the molecule is CCc1cccc(C2(NCC(O)C3Cc4cc(F)cc(c4)OCCCCC(=O)N(C)C(CCSC)C(=O)N3)CC2)c1. The van der Waals surface area contributed by atoms with Crippen molar-refractivity contribution in [2.45, 2.75) is 82.0 Å². The lowest BCUT2D eigenvalue weighted by atomic mass is 9.98. The number of thioether (sulfide) groups is 1. The van der Waals surface area contributed by atoms with Crippen LogP contribution in [0.15, 0.2) is 42.5 Å². The summed E-state index contributed by atoms with van der Waals surface area (Å²) in [6, 6.07) is 11.7. The highest BCUT2D eigenvalue weighted by molar-refractivity contribution is 7.98. The van der Waals surface area contributed by atoms with E-state index in [2.05, 4.69) is 41.8 Å². The summed E-state index contributed by atoms with van der Waals surface area (Å²) in [6.45, 7) is 2.75. The second kappa shape index (κ2) is 14.5. The lowest BCUT2D eigenvalue weighted by molar-refractivity contribution is -0.139. The maximum Gasteiger partial charge on any atom is 0.243 e. The molecule has 7 nitrogen and oxygen atoms in total. The number of ether oxygens (including phenoxy) is 1. The van der Waals surface area contributed by atoms with Crippen LogP contribution in [0.5, 0.6) is 5.75 Å². The molecule has 224 valence electrons. The van der Waals surface area contributed by atoms with E-state index in [1.807, 2.05) is 6.26 Å². The average molecular weight is 586 g/mol. The Morgan fingerprint density at radius 1 is 1.22 bits per heavy atom. The number of carbonyl (C=O) groups excluding carboxylic acids is 2. The highest BCUT2D eigenvalue weighted by Crippen LogP contribution is 2.45. The number of nitrogens with one attached hydrogen (secondary N) is 2. The fraction of sp³-hybridized carbons (Fsp3) is 0.562. The number of halogens is 1. The minimum Gasteiger partial charge on any atom is -0.493 e. The molecule has 1 aliphatic carbocycles. The molecule has 1 heterocycles. The Balaban J connectivity index is 1.57. The largest absolute Gasteiger partial charge is 0.493 e. The molecule has 1 saturated carbocycles. The third-order valence-electron chi connectivity index (χ3n) is 8.28. The van der Waals surface area contributed by atoms with Gasteiger partial charge in [0.15, 0.2) is 0 Å². The molecule has 2 aromatic carbocycles. The molecule has 3 atom stereocenters. The normalized spacial score (nSPS) is 22.2. The second-order valence-corrected chi connectivity index (χ2v) is 12.3. The van der Waals surface area contributed by atoms with Crippen LogP contribution in [0, 0.1) is 5.82 Å². The average Bonchev–Trinajstić information content (AvgIpc) is 3.76. The Morgan fingerprint density at radius 2 is 2.02 bits per heavy atom. The minimum atomic E-state index is -0.948. The molecule has 0 saturated heterocycles. The van der Waals surface area contributed by atoms with Gasteiger partial charge in [0, 0.05) is 31.6 Å². The van der Waals surface area contributed by atoms with Gasteiger partial charge in [-0.3, -0.25) is 9.59 Å².